The van der Waals surface area contributed by atoms with Crippen molar-refractivity contribution in [2.45, 2.75) is 36.8 Å². The van der Waals surface area contributed by atoms with Crippen LogP contribution in [0.15, 0.2) is 12.1 Å². The zero-order valence-corrected chi connectivity index (χ0v) is 15.3. The topological polar surface area (TPSA) is 175 Å². The number of ether oxygens (including phenoxy) is 4. The summed E-state index contributed by atoms with van der Waals surface area (Å²) < 4.78 is 20.2. The standard InChI is InChI=1S/C17H24O11/c1-25-9-3-7(4-10(26-2)13(9)21)12(20)8(19)6-27-17-16(24)15(23)14(22)11(5-18)28-17/h3-4,8,11,14-19,21-24H,5-6H2,1-2H3/t8?,11-,14-,15+,16-,17-/m1/s1. The molecule has 1 fully saturated rings. The number of carbonyl (C=O) groups excluding carboxylic acids is 1. The molecule has 6 atom stereocenters. The number of rotatable bonds is 8. The molecule has 1 saturated heterocycles. The van der Waals surface area contributed by atoms with Crippen LogP contribution in [0.1, 0.15) is 10.4 Å². The fourth-order valence-corrected chi connectivity index (χ4v) is 2.69. The largest absolute Gasteiger partial charge is 0.502 e. The van der Waals surface area contributed by atoms with E-state index in [1.54, 1.807) is 0 Å². The Morgan fingerprint density at radius 3 is 2.18 bits per heavy atom. The molecule has 2 rings (SSSR count). The fraction of sp³-hybridized carbons (Fsp3) is 0.588. The Bertz CT molecular complexity index is 652. The second-order valence-electron chi connectivity index (χ2n) is 6.14. The summed E-state index contributed by atoms with van der Waals surface area (Å²) in [6.07, 6.45) is -9.21. The highest BCUT2D eigenvalue weighted by Crippen LogP contribution is 2.37. The van der Waals surface area contributed by atoms with Gasteiger partial charge in [-0.25, -0.2) is 0 Å². The zero-order chi connectivity index (χ0) is 21.0. The number of phenols is 1. The van der Waals surface area contributed by atoms with Crippen LogP contribution < -0.4 is 9.47 Å². The number of aliphatic hydroxyl groups excluding tert-OH is 5. The van der Waals surface area contributed by atoms with E-state index in [1.807, 2.05) is 0 Å². The highest BCUT2D eigenvalue weighted by molar-refractivity contribution is 6.00. The second kappa shape index (κ2) is 9.47. The first-order valence-electron chi connectivity index (χ1n) is 8.34. The third-order valence-corrected chi connectivity index (χ3v) is 4.33. The molecule has 0 bridgehead atoms. The van der Waals surface area contributed by atoms with Gasteiger partial charge in [-0.05, 0) is 12.1 Å². The van der Waals surface area contributed by atoms with Gasteiger partial charge in [0.2, 0.25) is 5.75 Å². The predicted molar refractivity (Wildman–Crippen MR) is 91.3 cm³/mol. The van der Waals surface area contributed by atoms with Crippen molar-refractivity contribution in [1.82, 2.24) is 0 Å². The average Bonchev–Trinajstić information content (AvgIpc) is 2.70. The van der Waals surface area contributed by atoms with Crippen LogP contribution in [-0.4, -0.2) is 101 Å². The predicted octanol–water partition coefficient (Wildman–Crippen LogP) is -2.23. The summed E-state index contributed by atoms with van der Waals surface area (Å²) in [4.78, 5) is 12.4. The summed E-state index contributed by atoms with van der Waals surface area (Å²) >= 11 is 0. The van der Waals surface area contributed by atoms with Crippen molar-refractivity contribution < 1.29 is 54.4 Å². The maximum atomic E-state index is 12.4. The van der Waals surface area contributed by atoms with Crippen LogP contribution in [0.2, 0.25) is 0 Å². The summed E-state index contributed by atoms with van der Waals surface area (Å²) in [7, 11) is 2.56. The minimum Gasteiger partial charge on any atom is -0.502 e. The SMILES string of the molecule is COc1cc(C(=O)C(O)CO[C@@H]2O[C@H](CO)[C@@H](O)[C@H](O)[C@H]2O)cc(OC)c1O. The quantitative estimate of drug-likeness (QED) is 0.259. The van der Waals surface area contributed by atoms with Crippen molar-refractivity contribution in [2.24, 2.45) is 0 Å². The van der Waals surface area contributed by atoms with Gasteiger partial charge in [-0.3, -0.25) is 4.79 Å². The number of hydrogen-bond acceptors (Lipinski definition) is 11. The molecule has 1 aromatic rings. The monoisotopic (exact) mass is 404 g/mol. The summed E-state index contributed by atoms with van der Waals surface area (Å²) in [5.41, 5.74) is -0.0311. The first kappa shape index (κ1) is 22.3. The molecular formula is C17H24O11. The van der Waals surface area contributed by atoms with Crippen LogP contribution in [0, 0.1) is 0 Å². The Balaban J connectivity index is 2.07. The number of benzene rings is 1. The van der Waals surface area contributed by atoms with Gasteiger partial charge in [0.25, 0.3) is 0 Å². The van der Waals surface area contributed by atoms with Crippen LogP contribution in [0.5, 0.6) is 17.2 Å². The maximum absolute atomic E-state index is 12.4. The van der Waals surface area contributed by atoms with Crippen molar-refractivity contribution >= 4 is 5.78 Å². The smallest absolute Gasteiger partial charge is 0.200 e. The molecule has 0 amide bonds. The highest BCUT2D eigenvalue weighted by atomic mass is 16.7. The number of methoxy groups -OCH3 is 2. The molecule has 0 aliphatic carbocycles. The summed E-state index contributed by atoms with van der Waals surface area (Å²) in [6.45, 7) is -1.26. The Labute approximate surface area is 160 Å². The first-order chi connectivity index (χ1) is 13.2. The Hall–Kier alpha value is -1.99. The lowest BCUT2D eigenvalue weighted by Gasteiger charge is -2.39. The van der Waals surface area contributed by atoms with Crippen LogP contribution >= 0.6 is 0 Å². The average molecular weight is 404 g/mol. The van der Waals surface area contributed by atoms with E-state index in [0.29, 0.717) is 0 Å². The van der Waals surface area contributed by atoms with E-state index < -0.39 is 55.8 Å². The molecule has 0 radical (unpaired) electrons. The number of aromatic hydroxyl groups is 1. The molecule has 1 unspecified atom stereocenters. The Morgan fingerprint density at radius 2 is 1.68 bits per heavy atom. The minimum absolute atomic E-state index is 0.0311. The van der Waals surface area contributed by atoms with Crippen LogP contribution in [-0.2, 0) is 9.47 Å². The molecule has 11 nitrogen and oxygen atoms in total. The summed E-state index contributed by atoms with van der Waals surface area (Å²) in [5.74, 6) is -1.18. The van der Waals surface area contributed by atoms with Crippen molar-refractivity contribution in [2.75, 3.05) is 27.4 Å². The molecule has 1 aliphatic rings. The van der Waals surface area contributed by atoms with Gasteiger partial charge in [-0.2, -0.15) is 0 Å². The van der Waals surface area contributed by atoms with Gasteiger partial charge < -0.3 is 49.6 Å². The Morgan fingerprint density at radius 1 is 1.11 bits per heavy atom. The van der Waals surface area contributed by atoms with Crippen molar-refractivity contribution in [3.05, 3.63) is 17.7 Å². The molecule has 1 heterocycles. The van der Waals surface area contributed by atoms with Gasteiger partial charge in [0.1, 0.15) is 30.5 Å². The van der Waals surface area contributed by atoms with Gasteiger partial charge in [-0.15, -0.1) is 0 Å². The van der Waals surface area contributed by atoms with E-state index >= 15 is 0 Å². The number of carbonyl (C=O) groups is 1. The van der Waals surface area contributed by atoms with Crippen molar-refractivity contribution in [1.29, 1.82) is 0 Å². The van der Waals surface area contributed by atoms with Crippen LogP contribution in [0.4, 0.5) is 0 Å². The van der Waals surface area contributed by atoms with Crippen LogP contribution in [0.3, 0.4) is 0 Å². The van der Waals surface area contributed by atoms with Gasteiger partial charge in [-0.1, -0.05) is 0 Å². The maximum Gasteiger partial charge on any atom is 0.200 e. The minimum atomic E-state index is -1.69. The lowest BCUT2D eigenvalue weighted by atomic mass is 9.99. The van der Waals surface area contributed by atoms with E-state index in [9.17, 15) is 30.3 Å². The molecule has 0 saturated carbocycles. The molecule has 1 aromatic carbocycles. The third kappa shape index (κ3) is 4.52. The van der Waals surface area contributed by atoms with E-state index in [-0.39, 0.29) is 22.8 Å². The fourth-order valence-electron chi connectivity index (χ4n) is 2.69. The molecule has 158 valence electrons. The molecule has 28 heavy (non-hydrogen) atoms. The normalized spacial score (nSPS) is 28.6. The van der Waals surface area contributed by atoms with E-state index in [0.717, 1.165) is 0 Å². The molecule has 0 aromatic heterocycles. The zero-order valence-electron chi connectivity index (χ0n) is 15.3. The number of aliphatic hydroxyl groups is 5. The number of hydrogen-bond donors (Lipinski definition) is 6. The lowest BCUT2D eigenvalue weighted by molar-refractivity contribution is -0.303. The van der Waals surface area contributed by atoms with E-state index in [2.05, 4.69) is 0 Å². The van der Waals surface area contributed by atoms with Gasteiger partial charge in [0.05, 0.1) is 27.4 Å². The molecule has 1 aliphatic heterocycles. The summed E-state index contributed by atoms with van der Waals surface area (Å²) in [5, 5.41) is 58.4. The van der Waals surface area contributed by atoms with E-state index in [4.69, 9.17) is 24.1 Å². The Kier molecular flexibility index (Phi) is 7.55. The summed E-state index contributed by atoms with van der Waals surface area (Å²) in [6, 6.07) is 2.41. The number of Topliss-reactive ketones (excluding diaryl/α,β-unsaturated/α-hetero) is 1. The first-order valence-corrected chi connectivity index (χ1v) is 8.34. The number of ketones is 1. The van der Waals surface area contributed by atoms with Crippen LogP contribution in [0.25, 0.3) is 0 Å². The molecule has 0 spiro atoms. The molecule has 11 heteroatoms. The van der Waals surface area contributed by atoms with E-state index in [1.165, 1.54) is 26.4 Å². The van der Waals surface area contributed by atoms with Crippen molar-refractivity contribution in [3.8, 4) is 17.2 Å². The molecule has 6 N–H and O–H groups in total. The van der Waals surface area contributed by atoms with Gasteiger partial charge in [0.15, 0.2) is 23.6 Å². The van der Waals surface area contributed by atoms with Crippen molar-refractivity contribution in [3.63, 3.8) is 0 Å². The number of phenolic OH excluding ortho intramolecular Hbond substituents is 1. The molecular weight excluding hydrogens is 380 g/mol. The van der Waals surface area contributed by atoms with Gasteiger partial charge in [0, 0.05) is 5.56 Å². The lowest BCUT2D eigenvalue weighted by Crippen LogP contribution is -2.59. The highest BCUT2D eigenvalue weighted by Gasteiger charge is 2.44. The van der Waals surface area contributed by atoms with Gasteiger partial charge >= 0.3 is 0 Å². The second-order valence-corrected chi connectivity index (χ2v) is 6.14. The third-order valence-electron chi connectivity index (χ3n) is 4.33.